The summed E-state index contributed by atoms with van der Waals surface area (Å²) in [6.07, 6.45) is 7.49. The molecule has 1 unspecified atom stereocenters. The first-order chi connectivity index (χ1) is 18.3. The molecule has 4 heteroatoms. The number of hydrogen-bond donors (Lipinski definition) is 0. The smallest absolute Gasteiger partial charge is 0.0921 e. The zero-order valence-corrected chi connectivity index (χ0v) is 22.9. The van der Waals surface area contributed by atoms with Crippen LogP contribution in [0.4, 0.5) is 0 Å². The van der Waals surface area contributed by atoms with E-state index in [0.29, 0.717) is 0 Å². The van der Waals surface area contributed by atoms with E-state index in [1.807, 2.05) is 0 Å². The highest BCUT2D eigenvalue weighted by atomic mass is 31.1. The average molecular weight is 525 g/mol. The van der Waals surface area contributed by atoms with E-state index in [9.17, 15) is 0 Å². The Balaban J connectivity index is 1.31. The molecule has 0 radical (unpaired) electrons. The topological polar surface area (TPSA) is 18.5 Å². The van der Waals surface area contributed by atoms with Crippen molar-refractivity contribution in [3.8, 4) is 0 Å². The standard InChI is InChI=1S/C33H34O2P2/c1-5-15-27(16-6-1)36(28-17-7-2-8-18-28)34-31-23-13-25-33(31)26-14-24-32(33)35-37(29-19-9-3-10-20-29)30-21-11-4-12-22-30/h1-12,15-22,31-32H,13-14,23-26H2/t31-,32+,33?. The second kappa shape index (κ2) is 11.6. The molecular formula is C33H34O2P2. The second-order valence-corrected chi connectivity index (χ2v) is 13.8. The summed E-state index contributed by atoms with van der Waals surface area (Å²) in [5.74, 6) is 0. The van der Waals surface area contributed by atoms with Crippen molar-refractivity contribution in [1.82, 2.24) is 0 Å². The van der Waals surface area contributed by atoms with Crippen LogP contribution in [0.2, 0.25) is 0 Å². The van der Waals surface area contributed by atoms with Gasteiger partial charge in [-0.3, -0.25) is 0 Å². The van der Waals surface area contributed by atoms with Crippen molar-refractivity contribution in [2.24, 2.45) is 5.41 Å². The quantitative estimate of drug-likeness (QED) is 0.227. The fourth-order valence-corrected chi connectivity index (χ4v) is 10.1. The van der Waals surface area contributed by atoms with E-state index in [2.05, 4.69) is 121 Å². The highest BCUT2D eigenvalue weighted by Gasteiger charge is 2.54. The summed E-state index contributed by atoms with van der Waals surface area (Å²) in [5, 5.41) is 5.16. The van der Waals surface area contributed by atoms with Crippen LogP contribution in [0.5, 0.6) is 0 Å². The van der Waals surface area contributed by atoms with Gasteiger partial charge in [0.2, 0.25) is 0 Å². The Labute approximate surface area is 223 Å². The number of benzene rings is 4. The highest BCUT2D eigenvalue weighted by molar-refractivity contribution is 7.68. The number of rotatable bonds is 8. The van der Waals surface area contributed by atoms with Gasteiger partial charge < -0.3 is 9.05 Å². The molecule has 2 aliphatic rings. The predicted octanol–water partition coefficient (Wildman–Crippen LogP) is 7.21. The minimum absolute atomic E-state index is 0.0916. The normalized spacial score (nSPS) is 23.3. The molecule has 0 aromatic heterocycles. The van der Waals surface area contributed by atoms with E-state index in [0.717, 1.165) is 12.8 Å². The second-order valence-electron chi connectivity index (χ2n) is 10.1. The molecule has 2 aliphatic carbocycles. The van der Waals surface area contributed by atoms with Gasteiger partial charge in [0.15, 0.2) is 0 Å². The molecule has 2 nitrogen and oxygen atoms in total. The monoisotopic (exact) mass is 524 g/mol. The molecule has 0 N–H and O–H groups in total. The zero-order valence-electron chi connectivity index (χ0n) is 21.2. The number of hydrogen-bond acceptors (Lipinski definition) is 2. The van der Waals surface area contributed by atoms with Gasteiger partial charge in [0.25, 0.3) is 0 Å². The minimum atomic E-state index is -0.881. The lowest BCUT2D eigenvalue weighted by molar-refractivity contribution is 0.00841. The summed E-state index contributed by atoms with van der Waals surface area (Å²) >= 11 is 0. The van der Waals surface area contributed by atoms with Crippen molar-refractivity contribution in [1.29, 1.82) is 0 Å². The Morgan fingerprint density at radius 2 is 0.757 bits per heavy atom. The molecule has 3 atom stereocenters. The first kappa shape index (κ1) is 25.0. The van der Waals surface area contributed by atoms with Gasteiger partial charge in [0, 0.05) is 26.6 Å². The largest absolute Gasteiger partial charge is 0.346 e. The van der Waals surface area contributed by atoms with Crippen LogP contribution in [-0.2, 0) is 9.05 Å². The van der Waals surface area contributed by atoms with Gasteiger partial charge in [-0.15, -0.1) is 0 Å². The molecular weight excluding hydrogens is 490 g/mol. The third-order valence-electron chi connectivity index (χ3n) is 7.93. The van der Waals surface area contributed by atoms with Crippen molar-refractivity contribution in [2.45, 2.75) is 50.7 Å². The maximum absolute atomic E-state index is 7.24. The third kappa shape index (κ3) is 5.32. The predicted molar refractivity (Wildman–Crippen MR) is 158 cm³/mol. The fourth-order valence-electron chi connectivity index (χ4n) is 6.15. The van der Waals surface area contributed by atoms with Crippen LogP contribution in [0.3, 0.4) is 0 Å². The molecule has 0 bridgehead atoms. The van der Waals surface area contributed by atoms with E-state index in [1.54, 1.807) is 0 Å². The fraction of sp³-hybridized carbons (Fsp3) is 0.273. The van der Waals surface area contributed by atoms with E-state index in [1.165, 1.54) is 46.9 Å². The van der Waals surface area contributed by atoms with Crippen molar-refractivity contribution >= 4 is 37.5 Å². The third-order valence-corrected chi connectivity index (χ3v) is 11.9. The molecule has 0 saturated heterocycles. The highest BCUT2D eigenvalue weighted by Crippen LogP contribution is 2.58. The lowest BCUT2D eigenvalue weighted by Crippen LogP contribution is -2.41. The Bertz CT molecular complexity index is 1070. The molecule has 2 fully saturated rings. The van der Waals surface area contributed by atoms with Crippen molar-refractivity contribution < 1.29 is 9.05 Å². The van der Waals surface area contributed by atoms with Crippen LogP contribution in [0.15, 0.2) is 121 Å². The molecule has 0 heterocycles. The maximum atomic E-state index is 7.24. The SMILES string of the molecule is c1ccc(P(O[C@H]2CCCC23CCC[C@H]3OP(c2ccccc2)c2ccccc2)c2ccccc2)cc1. The summed E-state index contributed by atoms with van der Waals surface area (Å²) in [6.45, 7) is 0. The molecule has 4 aromatic carbocycles. The van der Waals surface area contributed by atoms with Gasteiger partial charge >= 0.3 is 0 Å². The maximum Gasteiger partial charge on any atom is 0.0921 e. The first-order valence-electron chi connectivity index (χ1n) is 13.5. The molecule has 188 valence electrons. The van der Waals surface area contributed by atoms with Crippen LogP contribution in [0.25, 0.3) is 0 Å². The molecule has 4 aromatic rings. The Hall–Kier alpha value is -2.34. The van der Waals surface area contributed by atoms with Crippen LogP contribution in [0.1, 0.15) is 38.5 Å². The van der Waals surface area contributed by atoms with Gasteiger partial charge in [-0.05, 0) is 25.7 Å². The molecule has 37 heavy (non-hydrogen) atoms. The van der Waals surface area contributed by atoms with E-state index < -0.39 is 16.3 Å². The van der Waals surface area contributed by atoms with Crippen LogP contribution >= 0.6 is 16.3 Å². The molecule has 2 saturated carbocycles. The summed E-state index contributed by atoms with van der Waals surface area (Å²) in [5.41, 5.74) is 0.0916. The van der Waals surface area contributed by atoms with Gasteiger partial charge in [-0.1, -0.05) is 134 Å². The average Bonchev–Trinajstić information content (AvgIpc) is 3.58. The van der Waals surface area contributed by atoms with E-state index >= 15 is 0 Å². The van der Waals surface area contributed by atoms with Crippen LogP contribution < -0.4 is 21.2 Å². The molecule has 1 spiro atoms. The van der Waals surface area contributed by atoms with Gasteiger partial charge in [0.05, 0.1) is 28.5 Å². The van der Waals surface area contributed by atoms with Crippen molar-refractivity contribution in [3.05, 3.63) is 121 Å². The Kier molecular flexibility index (Phi) is 7.82. The van der Waals surface area contributed by atoms with Crippen molar-refractivity contribution in [3.63, 3.8) is 0 Å². The Morgan fingerprint density at radius 3 is 1.05 bits per heavy atom. The van der Waals surface area contributed by atoms with Crippen LogP contribution in [0, 0.1) is 5.41 Å². The Morgan fingerprint density at radius 1 is 0.459 bits per heavy atom. The molecule has 6 rings (SSSR count). The van der Waals surface area contributed by atoms with Crippen LogP contribution in [-0.4, -0.2) is 12.2 Å². The van der Waals surface area contributed by atoms with Gasteiger partial charge in [0.1, 0.15) is 0 Å². The minimum Gasteiger partial charge on any atom is -0.346 e. The van der Waals surface area contributed by atoms with Gasteiger partial charge in [-0.25, -0.2) is 0 Å². The summed E-state index contributed by atoms with van der Waals surface area (Å²) in [6, 6.07) is 43.3. The first-order valence-corrected chi connectivity index (χ1v) is 16.0. The van der Waals surface area contributed by atoms with Crippen molar-refractivity contribution in [2.75, 3.05) is 0 Å². The van der Waals surface area contributed by atoms with E-state index in [-0.39, 0.29) is 17.6 Å². The lowest BCUT2D eigenvalue weighted by Gasteiger charge is -2.40. The summed E-state index contributed by atoms with van der Waals surface area (Å²) in [4.78, 5) is 0. The molecule has 0 amide bonds. The van der Waals surface area contributed by atoms with Gasteiger partial charge in [-0.2, -0.15) is 0 Å². The lowest BCUT2D eigenvalue weighted by atomic mass is 9.80. The van der Waals surface area contributed by atoms with E-state index in [4.69, 9.17) is 9.05 Å². The summed E-state index contributed by atoms with van der Waals surface area (Å²) in [7, 11) is -1.76. The zero-order chi connectivity index (χ0) is 24.9. The summed E-state index contributed by atoms with van der Waals surface area (Å²) < 4.78 is 14.5. The molecule has 0 aliphatic heterocycles.